The predicted molar refractivity (Wildman–Crippen MR) is 78.4 cm³/mol. The first kappa shape index (κ1) is 12.1. The Morgan fingerprint density at radius 3 is 2.75 bits per heavy atom. The number of nitrogens with zero attached hydrogens (tertiary/aromatic N) is 1. The molecule has 4 heteroatoms. The number of hydrogen-bond donors (Lipinski definition) is 1. The van der Waals surface area contributed by atoms with Crippen molar-refractivity contribution in [3.8, 4) is 11.5 Å². The van der Waals surface area contributed by atoms with Crippen LogP contribution < -0.4 is 15.2 Å². The third-order valence-electron chi connectivity index (χ3n) is 4.46. The van der Waals surface area contributed by atoms with Crippen molar-refractivity contribution < 1.29 is 9.47 Å². The Hall–Kier alpha value is -1.68. The summed E-state index contributed by atoms with van der Waals surface area (Å²) in [5, 5.41) is 1.35. The molecule has 2 N–H and O–H groups in total. The Balaban J connectivity index is 1.93. The highest BCUT2D eigenvalue weighted by Crippen LogP contribution is 2.41. The SMILES string of the molecule is NCCCn1c2c(c3cc4c(cc31)OCO4)CCCC2. The standard InChI is InChI=1S/C16H20N2O2/c17-6-3-7-18-13-5-2-1-4-11(13)12-8-15-16(9-14(12)18)20-10-19-15/h8-9H,1-7,10,17H2. The molecule has 1 aliphatic heterocycles. The number of aromatic nitrogens is 1. The fourth-order valence-electron chi connectivity index (χ4n) is 3.52. The molecular formula is C16H20N2O2. The van der Waals surface area contributed by atoms with E-state index in [0.29, 0.717) is 6.79 Å². The second-order valence-corrected chi connectivity index (χ2v) is 5.65. The van der Waals surface area contributed by atoms with Gasteiger partial charge < -0.3 is 19.8 Å². The van der Waals surface area contributed by atoms with E-state index in [9.17, 15) is 0 Å². The molecule has 0 unspecified atom stereocenters. The molecule has 1 aliphatic carbocycles. The van der Waals surface area contributed by atoms with E-state index >= 15 is 0 Å². The number of hydrogen-bond acceptors (Lipinski definition) is 3. The van der Waals surface area contributed by atoms with E-state index in [4.69, 9.17) is 15.2 Å². The van der Waals surface area contributed by atoms with Crippen LogP contribution in [0.5, 0.6) is 11.5 Å². The highest BCUT2D eigenvalue weighted by molar-refractivity contribution is 5.89. The minimum atomic E-state index is 0.340. The van der Waals surface area contributed by atoms with Crippen molar-refractivity contribution in [2.24, 2.45) is 5.73 Å². The maximum Gasteiger partial charge on any atom is 0.231 e. The molecule has 0 bridgehead atoms. The number of aryl methyl sites for hydroxylation is 2. The summed E-state index contributed by atoms with van der Waals surface area (Å²) in [4.78, 5) is 0. The molecule has 0 amide bonds. The van der Waals surface area contributed by atoms with Gasteiger partial charge in [0.25, 0.3) is 0 Å². The topological polar surface area (TPSA) is 49.4 Å². The van der Waals surface area contributed by atoms with Crippen molar-refractivity contribution in [3.63, 3.8) is 0 Å². The largest absolute Gasteiger partial charge is 0.454 e. The molecule has 1 aromatic carbocycles. The average molecular weight is 272 g/mol. The van der Waals surface area contributed by atoms with E-state index in [1.165, 1.54) is 47.8 Å². The summed E-state index contributed by atoms with van der Waals surface area (Å²) in [6, 6.07) is 4.31. The lowest BCUT2D eigenvalue weighted by molar-refractivity contribution is 0.174. The van der Waals surface area contributed by atoms with Crippen LogP contribution in [0.4, 0.5) is 0 Å². The molecule has 0 radical (unpaired) electrons. The Kier molecular flexibility index (Phi) is 2.84. The normalized spacial score (nSPS) is 16.6. The van der Waals surface area contributed by atoms with Gasteiger partial charge in [-0.25, -0.2) is 0 Å². The van der Waals surface area contributed by atoms with Crippen molar-refractivity contribution in [2.75, 3.05) is 13.3 Å². The predicted octanol–water partition coefficient (Wildman–Crippen LogP) is 2.60. The number of ether oxygens (including phenoxy) is 2. The molecule has 1 aromatic heterocycles. The molecule has 0 saturated carbocycles. The minimum Gasteiger partial charge on any atom is -0.454 e. The van der Waals surface area contributed by atoms with Crippen molar-refractivity contribution >= 4 is 10.9 Å². The smallest absolute Gasteiger partial charge is 0.231 e. The number of fused-ring (bicyclic) bond motifs is 4. The van der Waals surface area contributed by atoms with Crippen LogP contribution in [0, 0.1) is 0 Å². The van der Waals surface area contributed by atoms with E-state index in [2.05, 4.69) is 16.7 Å². The zero-order valence-electron chi connectivity index (χ0n) is 11.7. The summed E-state index contributed by atoms with van der Waals surface area (Å²) in [6.07, 6.45) is 5.96. The first-order valence-electron chi connectivity index (χ1n) is 7.52. The molecule has 0 fully saturated rings. The zero-order valence-corrected chi connectivity index (χ0v) is 11.7. The Morgan fingerprint density at radius 1 is 1.10 bits per heavy atom. The van der Waals surface area contributed by atoms with Crippen LogP contribution in [-0.4, -0.2) is 17.9 Å². The zero-order chi connectivity index (χ0) is 13.5. The molecule has 2 aromatic rings. The summed E-state index contributed by atoms with van der Waals surface area (Å²) >= 11 is 0. The highest BCUT2D eigenvalue weighted by atomic mass is 16.7. The van der Waals surface area contributed by atoms with Gasteiger partial charge in [-0.15, -0.1) is 0 Å². The van der Waals surface area contributed by atoms with Crippen LogP contribution in [0.2, 0.25) is 0 Å². The summed E-state index contributed by atoms with van der Waals surface area (Å²) in [5.74, 6) is 1.77. The van der Waals surface area contributed by atoms with Gasteiger partial charge in [0.1, 0.15) is 0 Å². The van der Waals surface area contributed by atoms with Crippen LogP contribution in [0.25, 0.3) is 10.9 Å². The monoisotopic (exact) mass is 272 g/mol. The molecule has 0 atom stereocenters. The van der Waals surface area contributed by atoms with Gasteiger partial charge in [-0.05, 0) is 50.3 Å². The van der Waals surface area contributed by atoms with Gasteiger partial charge in [0.05, 0.1) is 5.52 Å². The van der Waals surface area contributed by atoms with Gasteiger partial charge in [-0.3, -0.25) is 0 Å². The Labute approximate surface area is 118 Å². The minimum absolute atomic E-state index is 0.340. The maximum atomic E-state index is 5.70. The van der Waals surface area contributed by atoms with Gasteiger partial charge in [-0.1, -0.05) is 0 Å². The van der Waals surface area contributed by atoms with E-state index in [-0.39, 0.29) is 0 Å². The van der Waals surface area contributed by atoms with Crippen LogP contribution in [0.3, 0.4) is 0 Å². The van der Waals surface area contributed by atoms with Crippen molar-refractivity contribution in [1.29, 1.82) is 0 Å². The first-order chi connectivity index (χ1) is 9.88. The molecule has 4 rings (SSSR count). The van der Waals surface area contributed by atoms with Crippen LogP contribution in [-0.2, 0) is 19.4 Å². The second kappa shape index (κ2) is 4.70. The fraction of sp³-hybridized carbons (Fsp3) is 0.500. The number of nitrogens with two attached hydrogens (primary N) is 1. The highest BCUT2D eigenvalue weighted by Gasteiger charge is 2.23. The van der Waals surface area contributed by atoms with Gasteiger partial charge in [0.2, 0.25) is 6.79 Å². The summed E-state index contributed by atoms with van der Waals surface area (Å²) in [5.41, 5.74) is 10.0. The Morgan fingerprint density at radius 2 is 1.90 bits per heavy atom. The lowest BCUT2D eigenvalue weighted by atomic mass is 9.95. The van der Waals surface area contributed by atoms with Gasteiger partial charge >= 0.3 is 0 Å². The molecule has 106 valence electrons. The van der Waals surface area contributed by atoms with E-state index in [1.54, 1.807) is 0 Å². The molecule has 20 heavy (non-hydrogen) atoms. The Bertz CT molecular complexity index is 660. The quantitative estimate of drug-likeness (QED) is 0.934. The molecule has 2 aliphatic rings. The van der Waals surface area contributed by atoms with E-state index < -0.39 is 0 Å². The van der Waals surface area contributed by atoms with Gasteiger partial charge in [0.15, 0.2) is 11.5 Å². The third kappa shape index (κ3) is 1.71. The van der Waals surface area contributed by atoms with Crippen LogP contribution in [0.15, 0.2) is 12.1 Å². The fourth-order valence-corrected chi connectivity index (χ4v) is 3.52. The molecule has 0 spiro atoms. The first-order valence-corrected chi connectivity index (χ1v) is 7.52. The molecule has 0 saturated heterocycles. The van der Waals surface area contributed by atoms with Gasteiger partial charge in [0, 0.05) is 23.7 Å². The average Bonchev–Trinajstić information content (AvgIpc) is 3.05. The van der Waals surface area contributed by atoms with E-state index in [1.807, 2.05) is 0 Å². The molecule has 2 heterocycles. The van der Waals surface area contributed by atoms with Gasteiger partial charge in [-0.2, -0.15) is 0 Å². The third-order valence-corrected chi connectivity index (χ3v) is 4.46. The second-order valence-electron chi connectivity index (χ2n) is 5.65. The lowest BCUT2D eigenvalue weighted by Gasteiger charge is -2.15. The summed E-state index contributed by atoms with van der Waals surface area (Å²) in [7, 11) is 0. The maximum absolute atomic E-state index is 5.70. The molecular weight excluding hydrogens is 252 g/mol. The van der Waals surface area contributed by atoms with Crippen molar-refractivity contribution in [1.82, 2.24) is 4.57 Å². The van der Waals surface area contributed by atoms with E-state index in [0.717, 1.165) is 31.0 Å². The molecule has 4 nitrogen and oxygen atoms in total. The van der Waals surface area contributed by atoms with Crippen molar-refractivity contribution in [3.05, 3.63) is 23.4 Å². The summed E-state index contributed by atoms with van der Waals surface area (Å²) < 4.78 is 13.5. The number of benzene rings is 1. The van der Waals surface area contributed by atoms with Crippen LogP contribution in [0.1, 0.15) is 30.5 Å². The van der Waals surface area contributed by atoms with Crippen molar-refractivity contribution in [2.45, 2.75) is 38.6 Å². The number of rotatable bonds is 3. The van der Waals surface area contributed by atoms with Crippen LogP contribution >= 0.6 is 0 Å². The summed E-state index contributed by atoms with van der Waals surface area (Å²) in [6.45, 7) is 2.08. The lowest BCUT2D eigenvalue weighted by Crippen LogP contribution is -2.11.